The Kier molecular flexibility index (Phi) is 3.37. The van der Waals surface area contributed by atoms with Crippen molar-refractivity contribution >= 4 is 39.9 Å². The Bertz CT molecular complexity index is 435. The van der Waals surface area contributed by atoms with Gasteiger partial charge < -0.3 is 5.32 Å². The van der Waals surface area contributed by atoms with Crippen molar-refractivity contribution in [3.8, 4) is 0 Å². The summed E-state index contributed by atoms with van der Waals surface area (Å²) in [5.41, 5.74) is 0.372. The Balaban J connectivity index is 1.62. The number of rotatable bonds is 2. The first-order valence-electron chi connectivity index (χ1n) is 5.95. The van der Waals surface area contributed by atoms with Crippen LogP contribution in [0.2, 0.25) is 4.34 Å². The van der Waals surface area contributed by atoms with Gasteiger partial charge in [0.05, 0.1) is 10.9 Å². The van der Waals surface area contributed by atoms with Gasteiger partial charge in [0.1, 0.15) is 0 Å². The van der Waals surface area contributed by atoms with Crippen LogP contribution in [-0.2, 0) is 6.54 Å². The van der Waals surface area contributed by atoms with E-state index < -0.39 is 0 Å². The molecule has 1 aromatic heterocycles. The van der Waals surface area contributed by atoms with Crippen LogP contribution in [0.25, 0.3) is 0 Å². The van der Waals surface area contributed by atoms with E-state index in [1.165, 1.54) is 36.3 Å². The molecule has 0 amide bonds. The molecule has 1 saturated carbocycles. The lowest BCUT2D eigenvalue weighted by Crippen LogP contribution is -2.40. The van der Waals surface area contributed by atoms with Crippen LogP contribution in [-0.4, -0.2) is 16.5 Å². The molecule has 5 heteroatoms. The molecule has 92 valence electrons. The van der Waals surface area contributed by atoms with Gasteiger partial charge in [0.15, 0.2) is 5.17 Å². The molecular formula is C12H15ClN2S2. The van der Waals surface area contributed by atoms with Gasteiger partial charge in [-0.3, -0.25) is 4.99 Å². The van der Waals surface area contributed by atoms with Crippen LogP contribution < -0.4 is 5.32 Å². The predicted octanol–water partition coefficient (Wildman–Crippen LogP) is 3.91. The van der Waals surface area contributed by atoms with E-state index in [9.17, 15) is 0 Å². The molecule has 0 aromatic carbocycles. The van der Waals surface area contributed by atoms with Crippen molar-refractivity contribution in [1.29, 1.82) is 0 Å². The summed E-state index contributed by atoms with van der Waals surface area (Å²) in [6.07, 6.45) is 5.34. The minimum Gasteiger partial charge on any atom is -0.359 e. The van der Waals surface area contributed by atoms with Crippen LogP contribution in [0.3, 0.4) is 0 Å². The molecule has 2 nitrogen and oxygen atoms in total. The number of hydrogen-bond donors (Lipinski definition) is 1. The van der Waals surface area contributed by atoms with Gasteiger partial charge in [-0.05, 0) is 25.0 Å². The molecule has 1 aliphatic carbocycles. The summed E-state index contributed by atoms with van der Waals surface area (Å²) in [4.78, 5) is 5.88. The summed E-state index contributed by atoms with van der Waals surface area (Å²) in [6.45, 7) is 0.753. The minimum absolute atomic E-state index is 0.372. The fourth-order valence-electron chi connectivity index (χ4n) is 2.50. The third-order valence-electron chi connectivity index (χ3n) is 3.43. The van der Waals surface area contributed by atoms with Gasteiger partial charge in [0.2, 0.25) is 0 Å². The zero-order valence-electron chi connectivity index (χ0n) is 9.54. The largest absolute Gasteiger partial charge is 0.359 e. The van der Waals surface area contributed by atoms with Crippen molar-refractivity contribution in [2.24, 2.45) is 4.99 Å². The number of halogens is 1. The summed E-state index contributed by atoms with van der Waals surface area (Å²) in [7, 11) is 0. The molecule has 17 heavy (non-hydrogen) atoms. The number of aliphatic imine (C=N–C) groups is 1. The summed E-state index contributed by atoms with van der Waals surface area (Å²) in [5.74, 6) is 1.19. The molecule has 1 saturated heterocycles. The molecule has 0 atom stereocenters. The SMILES string of the molecule is Clc1ccc(CN=C2NC3(CCCC3)CS2)s1. The first kappa shape index (κ1) is 11.9. The average Bonchev–Trinajstić information content (AvgIpc) is 3.01. The molecular weight excluding hydrogens is 272 g/mol. The Labute approximate surface area is 115 Å². The van der Waals surface area contributed by atoms with Crippen molar-refractivity contribution in [3.05, 3.63) is 21.3 Å². The van der Waals surface area contributed by atoms with Crippen molar-refractivity contribution < 1.29 is 0 Å². The first-order valence-corrected chi connectivity index (χ1v) is 8.13. The third-order valence-corrected chi connectivity index (χ3v) is 5.84. The highest BCUT2D eigenvalue weighted by Gasteiger charge is 2.39. The number of nitrogens with zero attached hydrogens (tertiary/aromatic N) is 1. The minimum atomic E-state index is 0.372. The van der Waals surface area contributed by atoms with Crippen molar-refractivity contribution in [2.75, 3.05) is 5.75 Å². The maximum atomic E-state index is 5.90. The lowest BCUT2D eigenvalue weighted by molar-refractivity contribution is 0.452. The molecule has 0 radical (unpaired) electrons. The number of hydrogen-bond acceptors (Lipinski definition) is 3. The van der Waals surface area contributed by atoms with E-state index in [-0.39, 0.29) is 0 Å². The first-order chi connectivity index (χ1) is 8.26. The third kappa shape index (κ3) is 2.64. The smallest absolute Gasteiger partial charge is 0.157 e. The summed E-state index contributed by atoms with van der Waals surface area (Å²) in [6, 6.07) is 4.00. The van der Waals surface area contributed by atoms with Crippen LogP contribution in [0.15, 0.2) is 17.1 Å². The normalized spacial score (nSPS) is 24.6. The van der Waals surface area contributed by atoms with E-state index in [0.29, 0.717) is 5.54 Å². The van der Waals surface area contributed by atoms with Crippen LogP contribution in [0.5, 0.6) is 0 Å². The van der Waals surface area contributed by atoms with Crippen molar-refractivity contribution in [3.63, 3.8) is 0 Å². The van der Waals surface area contributed by atoms with Crippen molar-refractivity contribution in [2.45, 2.75) is 37.8 Å². The fraction of sp³-hybridized carbons (Fsp3) is 0.583. The highest BCUT2D eigenvalue weighted by molar-refractivity contribution is 8.14. The second-order valence-corrected chi connectivity index (χ2v) is 7.49. The van der Waals surface area contributed by atoms with Gasteiger partial charge in [0, 0.05) is 16.2 Å². The molecule has 3 rings (SSSR count). The van der Waals surface area contributed by atoms with Crippen LogP contribution >= 0.6 is 34.7 Å². The Morgan fingerprint density at radius 2 is 2.18 bits per heavy atom. The molecule has 2 fully saturated rings. The Morgan fingerprint density at radius 1 is 1.35 bits per heavy atom. The molecule has 1 aliphatic heterocycles. The Morgan fingerprint density at radius 3 is 2.88 bits per heavy atom. The topological polar surface area (TPSA) is 24.4 Å². The zero-order chi connectivity index (χ0) is 11.7. The average molecular weight is 287 g/mol. The predicted molar refractivity (Wildman–Crippen MR) is 77.3 cm³/mol. The molecule has 0 bridgehead atoms. The van der Waals surface area contributed by atoms with Gasteiger partial charge in [-0.25, -0.2) is 0 Å². The molecule has 1 N–H and O–H groups in total. The monoisotopic (exact) mass is 286 g/mol. The molecule has 1 spiro atoms. The Hall–Kier alpha value is -0.190. The van der Waals surface area contributed by atoms with Crippen LogP contribution in [0.4, 0.5) is 0 Å². The van der Waals surface area contributed by atoms with Gasteiger partial charge in [-0.15, -0.1) is 11.3 Å². The van der Waals surface area contributed by atoms with Crippen molar-refractivity contribution in [1.82, 2.24) is 5.32 Å². The van der Waals surface area contributed by atoms with Gasteiger partial charge in [-0.1, -0.05) is 36.2 Å². The quantitative estimate of drug-likeness (QED) is 0.891. The summed E-state index contributed by atoms with van der Waals surface area (Å²) < 4.78 is 0.847. The summed E-state index contributed by atoms with van der Waals surface area (Å²) >= 11 is 9.39. The maximum absolute atomic E-state index is 5.90. The second-order valence-electron chi connectivity index (χ2n) is 4.73. The highest BCUT2D eigenvalue weighted by atomic mass is 35.5. The molecule has 2 heterocycles. The summed E-state index contributed by atoms with van der Waals surface area (Å²) in [5, 5.41) is 4.75. The number of thiophene rings is 1. The van der Waals surface area contributed by atoms with E-state index in [0.717, 1.165) is 16.0 Å². The second kappa shape index (κ2) is 4.82. The van der Waals surface area contributed by atoms with Crippen LogP contribution in [0.1, 0.15) is 30.6 Å². The van der Waals surface area contributed by atoms with Crippen LogP contribution in [0, 0.1) is 0 Å². The lowest BCUT2D eigenvalue weighted by atomic mass is 10.0. The van der Waals surface area contributed by atoms with E-state index in [4.69, 9.17) is 11.6 Å². The van der Waals surface area contributed by atoms with Gasteiger partial charge >= 0.3 is 0 Å². The standard InChI is InChI=1S/C12H15ClN2S2/c13-10-4-3-9(17-10)7-14-11-15-12(8-16-11)5-1-2-6-12/h3-4H,1-2,5-8H2,(H,14,15). The number of amidine groups is 1. The highest BCUT2D eigenvalue weighted by Crippen LogP contribution is 2.37. The van der Waals surface area contributed by atoms with E-state index in [1.54, 1.807) is 11.3 Å². The lowest BCUT2D eigenvalue weighted by Gasteiger charge is -2.21. The van der Waals surface area contributed by atoms with E-state index in [1.807, 2.05) is 17.8 Å². The zero-order valence-corrected chi connectivity index (χ0v) is 11.9. The molecule has 0 unspecified atom stereocenters. The maximum Gasteiger partial charge on any atom is 0.157 e. The number of thioether (sulfide) groups is 1. The number of nitrogens with one attached hydrogen (secondary N) is 1. The molecule has 2 aliphatic rings. The van der Waals surface area contributed by atoms with Gasteiger partial charge in [0.25, 0.3) is 0 Å². The fourth-order valence-corrected chi connectivity index (χ4v) is 4.73. The van der Waals surface area contributed by atoms with E-state index in [2.05, 4.69) is 16.4 Å². The molecule has 1 aromatic rings. The van der Waals surface area contributed by atoms with E-state index >= 15 is 0 Å². The van der Waals surface area contributed by atoms with Gasteiger partial charge in [-0.2, -0.15) is 0 Å².